The summed E-state index contributed by atoms with van der Waals surface area (Å²) in [5.74, 6) is -0.415. The fourth-order valence-corrected chi connectivity index (χ4v) is 5.70. The molecule has 9 nitrogen and oxygen atoms in total. The predicted molar refractivity (Wildman–Crippen MR) is 163 cm³/mol. The SMILES string of the molecule is COc1cc(C(=O)NC[C@H](c2cc3c(c(-c4ccc(F)cc4Cl)n2)OC[C@]3(C)C(N)=O)C2CC2)cc(C=NC2CC2)c1N. The van der Waals surface area contributed by atoms with Crippen molar-refractivity contribution in [1.29, 1.82) is 0 Å². The Morgan fingerprint density at radius 2 is 2.02 bits per heavy atom. The van der Waals surface area contributed by atoms with Gasteiger partial charge < -0.3 is 26.3 Å². The van der Waals surface area contributed by atoms with Gasteiger partial charge in [-0.3, -0.25) is 14.6 Å². The number of carbonyl (C=O) groups is 2. The Kier molecular flexibility index (Phi) is 7.50. The number of hydrogen-bond acceptors (Lipinski definition) is 7. The molecular formula is C32H33ClFN5O4. The highest BCUT2D eigenvalue weighted by molar-refractivity contribution is 6.33. The molecule has 0 saturated heterocycles. The van der Waals surface area contributed by atoms with Crippen molar-refractivity contribution in [3.8, 4) is 22.8 Å². The molecule has 2 fully saturated rings. The normalized spacial score (nSPS) is 20.0. The molecule has 2 aliphatic carbocycles. The zero-order chi connectivity index (χ0) is 30.5. The van der Waals surface area contributed by atoms with Crippen LogP contribution in [0.15, 0.2) is 41.4 Å². The number of pyridine rings is 1. The molecule has 1 aromatic heterocycles. The van der Waals surface area contributed by atoms with Gasteiger partial charge in [-0.25, -0.2) is 9.37 Å². The minimum atomic E-state index is -1.09. The summed E-state index contributed by atoms with van der Waals surface area (Å²) in [6.07, 6.45) is 5.73. The maximum atomic E-state index is 13.9. The largest absolute Gasteiger partial charge is 0.495 e. The van der Waals surface area contributed by atoms with Gasteiger partial charge in [0.1, 0.15) is 35.0 Å². The molecule has 43 heavy (non-hydrogen) atoms. The number of carbonyl (C=O) groups excluding carboxylic acids is 2. The van der Waals surface area contributed by atoms with E-state index in [4.69, 9.17) is 37.5 Å². The average molecular weight is 606 g/mol. The van der Waals surface area contributed by atoms with Gasteiger partial charge in [0.2, 0.25) is 5.91 Å². The van der Waals surface area contributed by atoms with Crippen LogP contribution in [0.3, 0.4) is 0 Å². The van der Waals surface area contributed by atoms with E-state index in [-0.39, 0.29) is 35.9 Å². The topological polar surface area (TPSA) is 142 Å². The highest BCUT2D eigenvalue weighted by Crippen LogP contribution is 2.49. The van der Waals surface area contributed by atoms with E-state index in [1.807, 2.05) is 6.07 Å². The lowest BCUT2D eigenvalue weighted by molar-refractivity contribution is -0.123. The van der Waals surface area contributed by atoms with Gasteiger partial charge in [-0.05, 0) is 74.9 Å². The second-order valence-electron chi connectivity index (χ2n) is 11.7. The molecule has 6 rings (SSSR count). The number of hydrogen-bond donors (Lipinski definition) is 3. The summed E-state index contributed by atoms with van der Waals surface area (Å²) >= 11 is 6.46. The minimum absolute atomic E-state index is 0.0464. The second-order valence-corrected chi connectivity index (χ2v) is 12.1. The first-order valence-electron chi connectivity index (χ1n) is 14.3. The van der Waals surface area contributed by atoms with Crippen LogP contribution in [-0.4, -0.2) is 49.3 Å². The smallest absolute Gasteiger partial charge is 0.251 e. The molecule has 2 aromatic carbocycles. The number of nitrogens with zero attached hydrogens (tertiary/aromatic N) is 2. The number of primary amides is 1. The number of nitrogens with two attached hydrogens (primary N) is 2. The fourth-order valence-electron chi connectivity index (χ4n) is 5.44. The molecule has 224 valence electrons. The highest BCUT2D eigenvalue weighted by atomic mass is 35.5. The van der Waals surface area contributed by atoms with Crippen LogP contribution in [0.4, 0.5) is 10.1 Å². The molecule has 2 saturated carbocycles. The number of halogens is 2. The van der Waals surface area contributed by atoms with Crippen LogP contribution in [0.1, 0.15) is 65.7 Å². The molecule has 2 amide bonds. The number of aromatic nitrogens is 1. The third-order valence-electron chi connectivity index (χ3n) is 8.50. The van der Waals surface area contributed by atoms with Crippen molar-refractivity contribution in [2.24, 2.45) is 16.6 Å². The van der Waals surface area contributed by atoms with Crippen molar-refractivity contribution in [3.63, 3.8) is 0 Å². The number of aliphatic imine (C=N–C) groups is 1. The van der Waals surface area contributed by atoms with E-state index in [9.17, 15) is 14.0 Å². The van der Waals surface area contributed by atoms with Crippen molar-refractivity contribution in [2.75, 3.05) is 26.0 Å². The first kappa shape index (κ1) is 28.9. The monoisotopic (exact) mass is 605 g/mol. The minimum Gasteiger partial charge on any atom is -0.495 e. The average Bonchev–Trinajstić information content (AvgIpc) is 3.92. The number of benzene rings is 2. The van der Waals surface area contributed by atoms with Crippen molar-refractivity contribution < 1.29 is 23.5 Å². The summed E-state index contributed by atoms with van der Waals surface area (Å²) in [7, 11) is 1.51. The predicted octanol–water partition coefficient (Wildman–Crippen LogP) is 4.77. The number of rotatable bonds is 10. The highest BCUT2D eigenvalue weighted by Gasteiger charge is 2.45. The lowest BCUT2D eigenvalue weighted by Crippen LogP contribution is -2.40. The molecule has 3 aliphatic rings. The number of anilines is 1. The Labute approximate surface area is 253 Å². The standard InChI is InChI=1S/C32H33ClFN5O4/c1-32(31(36)41)15-43-29-23(32)12-25(39-28(29)21-8-5-19(34)11-24(21)33)22(16-3-4-16)14-38-30(40)17-9-18(13-37-20-6-7-20)27(35)26(10-17)42-2/h5,8-13,16,20,22H,3-4,6-7,14-15,35H2,1-2H3,(H2,36,41)(H,38,40)/t22-,32-/m0/s1. The lowest BCUT2D eigenvalue weighted by Gasteiger charge is -2.22. The molecule has 0 unspecified atom stereocenters. The summed E-state index contributed by atoms with van der Waals surface area (Å²) in [5.41, 5.74) is 14.6. The van der Waals surface area contributed by atoms with E-state index in [0.29, 0.717) is 56.9 Å². The Balaban J connectivity index is 1.34. The molecule has 5 N–H and O–H groups in total. The first-order chi connectivity index (χ1) is 20.6. The Morgan fingerprint density at radius 1 is 1.26 bits per heavy atom. The molecule has 0 bridgehead atoms. The maximum absolute atomic E-state index is 13.9. The lowest BCUT2D eigenvalue weighted by atomic mass is 9.82. The van der Waals surface area contributed by atoms with Crippen LogP contribution in [0.25, 0.3) is 11.3 Å². The van der Waals surface area contributed by atoms with Crippen LogP contribution in [0.5, 0.6) is 11.5 Å². The summed E-state index contributed by atoms with van der Waals surface area (Å²) in [6, 6.07) is 9.53. The van der Waals surface area contributed by atoms with E-state index in [0.717, 1.165) is 25.7 Å². The molecule has 2 atom stereocenters. The van der Waals surface area contributed by atoms with Crippen molar-refractivity contribution >= 4 is 35.3 Å². The van der Waals surface area contributed by atoms with Gasteiger partial charge in [0, 0.05) is 46.6 Å². The van der Waals surface area contributed by atoms with Gasteiger partial charge in [0.15, 0.2) is 0 Å². The Morgan fingerprint density at radius 3 is 2.67 bits per heavy atom. The van der Waals surface area contributed by atoms with Crippen LogP contribution in [-0.2, 0) is 10.2 Å². The number of amides is 2. The van der Waals surface area contributed by atoms with Crippen LogP contribution < -0.4 is 26.3 Å². The summed E-state index contributed by atoms with van der Waals surface area (Å²) in [6.45, 7) is 2.07. The molecule has 11 heteroatoms. The van der Waals surface area contributed by atoms with E-state index < -0.39 is 17.1 Å². The van der Waals surface area contributed by atoms with Crippen LogP contribution >= 0.6 is 11.6 Å². The molecule has 2 heterocycles. The van der Waals surface area contributed by atoms with Gasteiger partial charge in [0.25, 0.3) is 5.91 Å². The number of nitrogen functional groups attached to an aromatic ring is 1. The van der Waals surface area contributed by atoms with E-state index in [1.54, 1.807) is 31.3 Å². The summed E-state index contributed by atoms with van der Waals surface area (Å²) in [5, 5.41) is 3.23. The molecule has 0 spiro atoms. The number of ether oxygens (including phenoxy) is 2. The fraction of sp³-hybridized carbons (Fsp3) is 0.375. The van der Waals surface area contributed by atoms with Crippen LogP contribution in [0.2, 0.25) is 5.02 Å². The zero-order valence-electron chi connectivity index (χ0n) is 24.0. The van der Waals surface area contributed by atoms with E-state index in [2.05, 4.69) is 10.3 Å². The number of methoxy groups -OCH3 is 1. The Bertz CT molecular complexity index is 1660. The summed E-state index contributed by atoms with van der Waals surface area (Å²) < 4.78 is 25.3. The first-order valence-corrected chi connectivity index (χ1v) is 14.7. The summed E-state index contributed by atoms with van der Waals surface area (Å²) in [4.78, 5) is 35.5. The number of fused-ring (bicyclic) bond motifs is 1. The van der Waals surface area contributed by atoms with Gasteiger partial charge in [-0.15, -0.1) is 0 Å². The third-order valence-corrected chi connectivity index (χ3v) is 8.82. The third kappa shape index (κ3) is 5.63. The Hall–Kier alpha value is -4.18. The van der Waals surface area contributed by atoms with Crippen molar-refractivity contribution in [2.45, 2.75) is 50.0 Å². The second kappa shape index (κ2) is 11.1. The molecular weight excluding hydrogens is 573 g/mol. The van der Waals surface area contributed by atoms with Gasteiger partial charge >= 0.3 is 0 Å². The van der Waals surface area contributed by atoms with Crippen molar-refractivity contribution in [3.05, 3.63) is 69.6 Å². The quantitative estimate of drug-likeness (QED) is 0.224. The van der Waals surface area contributed by atoms with Gasteiger partial charge in [-0.1, -0.05) is 11.6 Å². The molecule has 0 radical (unpaired) electrons. The van der Waals surface area contributed by atoms with Crippen LogP contribution in [0, 0.1) is 11.7 Å². The van der Waals surface area contributed by atoms with Crippen molar-refractivity contribution in [1.82, 2.24) is 10.3 Å². The number of nitrogens with one attached hydrogen (secondary N) is 1. The zero-order valence-corrected chi connectivity index (χ0v) is 24.7. The van der Waals surface area contributed by atoms with E-state index >= 15 is 0 Å². The maximum Gasteiger partial charge on any atom is 0.251 e. The molecule has 1 aliphatic heterocycles. The molecule has 3 aromatic rings. The van der Waals surface area contributed by atoms with E-state index in [1.165, 1.54) is 19.2 Å². The van der Waals surface area contributed by atoms with Gasteiger partial charge in [0.05, 0.1) is 23.9 Å². The van der Waals surface area contributed by atoms with Gasteiger partial charge in [-0.2, -0.15) is 0 Å².